The summed E-state index contributed by atoms with van der Waals surface area (Å²) in [6.07, 6.45) is 0.00315. The van der Waals surface area contributed by atoms with Crippen LogP contribution in [-0.2, 0) is 4.74 Å². The van der Waals surface area contributed by atoms with Crippen LogP contribution in [0.3, 0.4) is 0 Å². The van der Waals surface area contributed by atoms with Crippen molar-refractivity contribution < 1.29 is 9.53 Å². The first-order valence-electron chi connectivity index (χ1n) is 6.38. The maximum Gasteiger partial charge on any atom is 0.267 e. The normalized spacial score (nSPS) is 12.5. The van der Waals surface area contributed by atoms with Crippen molar-refractivity contribution in [1.82, 2.24) is 10.3 Å². The second-order valence-corrected chi connectivity index (χ2v) is 4.47. The molecule has 0 bridgehead atoms. The van der Waals surface area contributed by atoms with Gasteiger partial charge in [-0.2, -0.15) is 0 Å². The molecule has 0 aliphatic rings. The number of benzene rings is 1. The average molecular weight is 261 g/mol. The molecule has 19 heavy (non-hydrogen) atoms. The van der Waals surface area contributed by atoms with E-state index in [1.165, 1.54) is 0 Å². The Hall–Kier alpha value is -2.01. The van der Waals surface area contributed by atoms with Crippen molar-refractivity contribution in [2.45, 2.75) is 20.0 Å². The molecule has 0 aliphatic carbocycles. The molecule has 0 saturated heterocycles. The number of nitrogens with one attached hydrogen (secondary N) is 2. The van der Waals surface area contributed by atoms with Crippen molar-refractivity contribution in [3.63, 3.8) is 0 Å². The van der Waals surface area contributed by atoms with E-state index in [-0.39, 0.29) is 12.0 Å². The number of para-hydroxylation sites is 1. The van der Waals surface area contributed by atoms with Gasteiger partial charge in [-0.1, -0.05) is 12.1 Å². The van der Waals surface area contributed by atoms with Crippen LogP contribution in [-0.4, -0.2) is 30.1 Å². The van der Waals surface area contributed by atoms with Crippen molar-refractivity contribution in [3.8, 4) is 0 Å². The summed E-state index contributed by atoms with van der Waals surface area (Å²) in [6, 6.07) is 7.39. The zero-order chi connectivity index (χ0) is 13.8. The van der Waals surface area contributed by atoms with E-state index in [9.17, 15) is 4.79 Å². The fourth-order valence-corrected chi connectivity index (χ4v) is 1.98. The Morgan fingerprint density at radius 1 is 1.53 bits per heavy atom. The van der Waals surface area contributed by atoms with Crippen molar-refractivity contribution >= 4 is 22.5 Å². The summed E-state index contributed by atoms with van der Waals surface area (Å²) in [7, 11) is 0. The fraction of sp³-hybridized carbons (Fsp3) is 0.357. The largest absolute Gasteiger partial charge is 0.397 e. The number of carbonyl (C=O) groups is 1. The summed E-state index contributed by atoms with van der Waals surface area (Å²) < 4.78 is 5.36. The van der Waals surface area contributed by atoms with E-state index >= 15 is 0 Å². The lowest BCUT2D eigenvalue weighted by Crippen LogP contribution is -2.32. The Morgan fingerprint density at radius 3 is 3.00 bits per heavy atom. The molecule has 5 nitrogen and oxygen atoms in total. The minimum Gasteiger partial charge on any atom is -0.397 e. The lowest BCUT2D eigenvalue weighted by molar-refractivity contribution is 0.0693. The third-order valence-corrected chi connectivity index (χ3v) is 2.93. The highest BCUT2D eigenvalue weighted by Gasteiger charge is 2.11. The number of fused-ring (bicyclic) bond motifs is 1. The van der Waals surface area contributed by atoms with Crippen LogP contribution in [0.1, 0.15) is 24.3 Å². The summed E-state index contributed by atoms with van der Waals surface area (Å²) >= 11 is 0. The van der Waals surface area contributed by atoms with E-state index in [4.69, 9.17) is 10.5 Å². The molecule has 1 atom stereocenters. The predicted octanol–water partition coefficient (Wildman–Crippen LogP) is 1.90. The number of nitrogen functional groups attached to an aromatic ring is 1. The van der Waals surface area contributed by atoms with E-state index in [0.29, 0.717) is 24.5 Å². The average Bonchev–Trinajstić information content (AvgIpc) is 2.82. The van der Waals surface area contributed by atoms with Gasteiger partial charge >= 0.3 is 0 Å². The zero-order valence-corrected chi connectivity index (χ0v) is 11.2. The molecule has 1 aromatic heterocycles. The molecule has 2 aromatic rings. The maximum atomic E-state index is 12.0. The maximum absolute atomic E-state index is 12.0. The van der Waals surface area contributed by atoms with Gasteiger partial charge in [0.05, 0.1) is 17.3 Å². The molecule has 4 N–H and O–H groups in total. The van der Waals surface area contributed by atoms with E-state index in [1.807, 2.05) is 26.0 Å². The van der Waals surface area contributed by atoms with Gasteiger partial charge < -0.3 is 20.8 Å². The summed E-state index contributed by atoms with van der Waals surface area (Å²) in [4.78, 5) is 15.0. The van der Waals surface area contributed by atoms with Gasteiger partial charge in [0.15, 0.2) is 0 Å². The first-order chi connectivity index (χ1) is 9.11. The first-order valence-corrected chi connectivity index (χ1v) is 6.38. The minimum absolute atomic E-state index is 0.00315. The summed E-state index contributed by atoms with van der Waals surface area (Å²) in [5.74, 6) is -0.151. The highest BCUT2D eigenvalue weighted by atomic mass is 16.5. The van der Waals surface area contributed by atoms with Gasteiger partial charge in [0.1, 0.15) is 5.69 Å². The van der Waals surface area contributed by atoms with E-state index in [1.54, 1.807) is 12.1 Å². The Labute approximate surface area is 112 Å². The lowest BCUT2D eigenvalue weighted by Gasteiger charge is -2.11. The van der Waals surface area contributed by atoms with Crippen molar-refractivity contribution in [1.29, 1.82) is 0 Å². The summed E-state index contributed by atoms with van der Waals surface area (Å²) in [5, 5.41) is 3.76. The quantitative estimate of drug-likeness (QED) is 0.719. The fourth-order valence-electron chi connectivity index (χ4n) is 1.98. The molecule has 0 saturated carbocycles. The Kier molecular flexibility index (Phi) is 4.06. The number of hydrogen-bond acceptors (Lipinski definition) is 3. The lowest BCUT2D eigenvalue weighted by atomic mass is 10.2. The van der Waals surface area contributed by atoms with Gasteiger partial charge in [-0.05, 0) is 26.0 Å². The number of rotatable bonds is 5. The molecular weight excluding hydrogens is 242 g/mol. The molecule has 0 fully saturated rings. The van der Waals surface area contributed by atoms with Crippen molar-refractivity contribution in [2.75, 3.05) is 18.9 Å². The third-order valence-electron chi connectivity index (χ3n) is 2.93. The van der Waals surface area contributed by atoms with Crippen LogP contribution in [0.4, 0.5) is 5.69 Å². The summed E-state index contributed by atoms with van der Waals surface area (Å²) in [5.41, 5.74) is 7.79. The van der Waals surface area contributed by atoms with Gasteiger partial charge in [-0.25, -0.2) is 0 Å². The van der Waals surface area contributed by atoms with Crippen LogP contribution < -0.4 is 11.1 Å². The van der Waals surface area contributed by atoms with Crippen LogP contribution >= 0.6 is 0 Å². The SMILES string of the molecule is CCOC(C)CNC(=O)c1cc2cccc(N)c2[nH]1. The first kappa shape index (κ1) is 13.4. The number of aromatic nitrogens is 1. The van der Waals surface area contributed by atoms with Gasteiger partial charge in [0.2, 0.25) is 0 Å². The van der Waals surface area contributed by atoms with Gasteiger partial charge in [0, 0.05) is 18.5 Å². The van der Waals surface area contributed by atoms with Gasteiger partial charge in [0.25, 0.3) is 5.91 Å². The Balaban J connectivity index is 2.07. The molecule has 102 valence electrons. The second kappa shape index (κ2) is 5.75. The molecule has 1 amide bonds. The Morgan fingerprint density at radius 2 is 2.32 bits per heavy atom. The molecule has 0 radical (unpaired) electrons. The number of aromatic amines is 1. The van der Waals surface area contributed by atoms with Gasteiger partial charge in [-0.3, -0.25) is 4.79 Å². The number of anilines is 1. The number of ether oxygens (including phenoxy) is 1. The second-order valence-electron chi connectivity index (χ2n) is 4.47. The predicted molar refractivity (Wildman–Crippen MR) is 76.1 cm³/mol. The van der Waals surface area contributed by atoms with Crippen LogP contribution in [0.25, 0.3) is 10.9 Å². The van der Waals surface area contributed by atoms with E-state index < -0.39 is 0 Å². The van der Waals surface area contributed by atoms with Crippen molar-refractivity contribution in [2.24, 2.45) is 0 Å². The smallest absolute Gasteiger partial charge is 0.267 e. The third kappa shape index (κ3) is 3.06. The summed E-state index contributed by atoms with van der Waals surface area (Å²) in [6.45, 7) is 4.98. The molecule has 0 spiro atoms. The number of nitrogens with two attached hydrogens (primary N) is 1. The highest BCUT2D eigenvalue weighted by molar-refractivity contribution is 6.00. The molecule has 5 heteroatoms. The molecular formula is C14H19N3O2. The zero-order valence-electron chi connectivity index (χ0n) is 11.2. The Bertz CT molecular complexity index is 577. The van der Waals surface area contributed by atoms with Crippen LogP contribution in [0.15, 0.2) is 24.3 Å². The molecule has 1 heterocycles. The molecule has 1 aromatic carbocycles. The van der Waals surface area contributed by atoms with Gasteiger partial charge in [-0.15, -0.1) is 0 Å². The van der Waals surface area contributed by atoms with E-state index in [0.717, 1.165) is 10.9 Å². The van der Waals surface area contributed by atoms with Crippen LogP contribution in [0.2, 0.25) is 0 Å². The van der Waals surface area contributed by atoms with Crippen LogP contribution in [0.5, 0.6) is 0 Å². The highest BCUT2D eigenvalue weighted by Crippen LogP contribution is 2.20. The number of hydrogen-bond donors (Lipinski definition) is 3. The molecule has 0 aliphatic heterocycles. The van der Waals surface area contributed by atoms with Crippen LogP contribution in [0, 0.1) is 0 Å². The number of amides is 1. The van der Waals surface area contributed by atoms with Crippen molar-refractivity contribution in [3.05, 3.63) is 30.0 Å². The number of carbonyl (C=O) groups excluding carboxylic acids is 1. The molecule has 1 unspecified atom stereocenters. The monoisotopic (exact) mass is 261 g/mol. The van der Waals surface area contributed by atoms with E-state index in [2.05, 4.69) is 10.3 Å². The number of H-pyrrole nitrogens is 1. The molecule has 2 rings (SSSR count). The minimum atomic E-state index is -0.151. The topological polar surface area (TPSA) is 80.1 Å². The standard InChI is InChI=1S/C14H19N3O2/c1-3-19-9(2)8-16-14(18)12-7-10-5-4-6-11(15)13(10)17-12/h4-7,9,17H,3,8,15H2,1-2H3,(H,16,18).